The molecule has 0 fully saturated rings. The van der Waals surface area contributed by atoms with E-state index in [9.17, 15) is 4.79 Å². The zero-order chi connectivity index (χ0) is 10.4. The van der Waals surface area contributed by atoms with Crippen LogP contribution in [-0.4, -0.2) is 31.7 Å². The van der Waals surface area contributed by atoms with E-state index >= 15 is 0 Å². The summed E-state index contributed by atoms with van der Waals surface area (Å²) in [5.41, 5.74) is 5.26. The molecular formula is C9H20N2O2. The van der Waals surface area contributed by atoms with Gasteiger partial charge in [0.2, 0.25) is 5.91 Å². The highest BCUT2D eigenvalue weighted by Crippen LogP contribution is 2.04. The first-order valence-electron chi connectivity index (χ1n) is 4.53. The average molecular weight is 188 g/mol. The van der Waals surface area contributed by atoms with Crippen molar-refractivity contribution >= 4 is 5.91 Å². The van der Waals surface area contributed by atoms with Gasteiger partial charge in [-0.1, -0.05) is 20.8 Å². The highest BCUT2D eigenvalue weighted by molar-refractivity contribution is 5.80. The number of carbonyl (C=O) groups is 1. The number of nitrogens with two attached hydrogens (primary N) is 1. The number of hydrogen-bond acceptors (Lipinski definition) is 3. The average Bonchev–Trinajstić information content (AvgIpc) is 1.99. The Kier molecular flexibility index (Phi) is 5.66. The molecule has 2 atom stereocenters. The van der Waals surface area contributed by atoms with E-state index in [1.54, 1.807) is 7.11 Å². The molecule has 0 saturated carbocycles. The molecule has 0 aliphatic rings. The first-order valence-corrected chi connectivity index (χ1v) is 4.53. The van der Waals surface area contributed by atoms with Gasteiger partial charge in [-0.05, 0) is 0 Å². The Labute approximate surface area is 79.8 Å². The van der Waals surface area contributed by atoms with Crippen LogP contribution >= 0.6 is 0 Å². The van der Waals surface area contributed by atoms with Crippen LogP contribution in [0, 0.1) is 5.92 Å². The molecule has 0 radical (unpaired) electrons. The molecular weight excluding hydrogens is 168 g/mol. The minimum atomic E-state index is -0.321. The summed E-state index contributed by atoms with van der Waals surface area (Å²) < 4.78 is 4.97. The quantitative estimate of drug-likeness (QED) is 0.622. The fourth-order valence-electron chi connectivity index (χ4n) is 1.25. The van der Waals surface area contributed by atoms with E-state index in [-0.39, 0.29) is 23.9 Å². The van der Waals surface area contributed by atoms with Crippen molar-refractivity contribution in [2.24, 2.45) is 11.7 Å². The van der Waals surface area contributed by atoms with Crippen LogP contribution in [0.25, 0.3) is 0 Å². The third kappa shape index (κ3) is 4.85. The van der Waals surface area contributed by atoms with Gasteiger partial charge >= 0.3 is 0 Å². The third-order valence-corrected chi connectivity index (χ3v) is 1.82. The summed E-state index contributed by atoms with van der Waals surface area (Å²) in [5, 5.41) is 3.11. The van der Waals surface area contributed by atoms with Gasteiger partial charge < -0.3 is 15.8 Å². The number of rotatable bonds is 6. The molecule has 13 heavy (non-hydrogen) atoms. The van der Waals surface area contributed by atoms with E-state index in [0.717, 1.165) is 0 Å². The van der Waals surface area contributed by atoms with Crippen molar-refractivity contribution < 1.29 is 9.53 Å². The maximum atomic E-state index is 11.1. The van der Waals surface area contributed by atoms with E-state index in [1.165, 1.54) is 0 Å². The first kappa shape index (κ1) is 12.4. The van der Waals surface area contributed by atoms with Crippen molar-refractivity contribution in [2.75, 3.05) is 13.7 Å². The van der Waals surface area contributed by atoms with Crippen LogP contribution in [0.2, 0.25) is 0 Å². The fourth-order valence-corrected chi connectivity index (χ4v) is 1.25. The molecule has 0 spiro atoms. The summed E-state index contributed by atoms with van der Waals surface area (Å²) in [6.45, 7) is 6.44. The van der Waals surface area contributed by atoms with Crippen molar-refractivity contribution in [1.82, 2.24) is 5.32 Å². The van der Waals surface area contributed by atoms with Gasteiger partial charge in [-0.25, -0.2) is 0 Å². The Morgan fingerprint density at radius 2 is 2.00 bits per heavy atom. The summed E-state index contributed by atoms with van der Waals surface area (Å²) in [4.78, 5) is 11.1. The number of primary amides is 1. The summed E-state index contributed by atoms with van der Waals surface area (Å²) in [7, 11) is 1.62. The topological polar surface area (TPSA) is 64.3 Å². The van der Waals surface area contributed by atoms with Gasteiger partial charge in [0, 0.05) is 19.1 Å². The molecule has 1 amide bonds. The second-order valence-corrected chi connectivity index (χ2v) is 3.63. The lowest BCUT2D eigenvalue weighted by atomic mass is 10.0. The Balaban J connectivity index is 4.15. The predicted octanol–water partition coefficient (Wildman–Crippen LogP) is 0.121. The Morgan fingerprint density at radius 1 is 1.46 bits per heavy atom. The molecule has 0 aromatic heterocycles. The van der Waals surface area contributed by atoms with Gasteiger partial charge in [0.15, 0.2) is 0 Å². The maximum absolute atomic E-state index is 11.1. The SMILES string of the molecule is COCC(C)C(NC(C)C)C(N)=O. The van der Waals surface area contributed by atoms with Crippen LogP contribution in [0.15, 0.2) is 0 Å². The Hall–Kier alpha value is -0.610. The fraction of sp³-hybridized carbons (Fsp3) is 0.889. The van der Waals surface area contributed by atoms with Gasteiger partial charge in [-0.2, -0.15) is 0 Å². The zero-order valence-electron chi connectivity index (χ0n) is 8.83. The summed E-state index contributed by atoms with van der Waals surface area (Å²) in [6.07, 6.45) is 0. The molecule has 0 aromatic rings. The van der Waals surface area contributed by atoms with E-state index in [1.807, 2.05) is 20.8 Å². The van der Waals surface area contributed by atoms with Gasteiger partial charge in [0.25, 0.3) is 0 Å². The molecule has 0 aromatic carbocycles. The number of nitrogens with one attached hydrogen (secondary N) is 1. The molecule has 78 valence electrons. The van der Waals surface area contributed by atoms with Gasteiger partial charge in [0.05, 0.1) is 12.6 Å². The molecule has 0 aliphatic carbocycles. The molecule has 3 N–H and O–H groups in total. The molecule has 4 heteroatoms. The van der Waals surface area contributed by atoms with Crippen molar-refractivity contribution in [2.45, 2.75) is 32.9 Å². The van der Waals surface area contributed by atoms with E-state index in [4.69, 9.17) is 10.5 Å². The molecule has 0 bridgehead atoms. The molecule has 4 nitrogen and oxygen atoms in total. The highest BCUT2D eigenvalue weighted by Gasteiger charge is 2.22. The normalized spacial score (nSPS) is 15.8. The smallest absolute Gasteiger partial charge is 0.234 e. The third-order valence-electron chi connectivity index (χ3n) is 1.82. The largest absolute Gasteiger partial charge is 0.384 e. The van der Waals surface area contributed by atoms with Gasteiger partial charge in [0.1, 0.15) is 0 Å². The standard InChI is InChI=1S/C9H20N2O2/c1-6(2)11-8(9(10)12)7(3)5-13-4/h6-8,11H,5H2,1-4H3,(H2,10,12). The van der Waals surface area contributed by atoms with Gasteiger partial charge in [-0.15, -0.1) is 0 Å². The second-order valence-electron chi connectivity index (χ2n) is 3.63. The number of ether oxygens (including phenoxy) is 1. The van der Waals surface area contributed by atoms with Crippen molar-refractivity contribution in [3.8, 4) is 0 Å². The predicted molar refractivity (Wildman–Crippen MR) is 52.3 cm³/mol. The minimum absolute atomic E-state index is 0.102. The second kappa shape index (κ2) is 5.94. The van der Waals surface area contributed by atoms with Crippen LogP contribution in [0.3, 0.4) is 0 Å². The van der Waals surface area contributed by atoms with E-state index in [2.05, 4.69) is 5.32 Å². The number of methoxy groups -OCH3 is 1. The molecule has 0 rings (SSSR count). The lowest BCUT2D eigenvalue weighted by Gasteiger charge is -2.23. The van der Waals surface area contributed by atoms with Crippen LogP contribution in [-0.2, 0) is 9.53 Å². The number of carbonyl (C=O) groups excluding carboxylic acids is 1. The van der Waals surface area contributed by atoms with Crippen molar-refractivity contribution in [1.29, 1.82) is 0 Å². The Morgan fingerprint density at radius 3 is 2.31 bits per heavy atom. The van der Waals surface area contributed by atoms with Crippen LogP contribution in [0.1, 0.15) is 20.8 Å². The van der Waals surface area contributed by atoms with Crippen LogP contribution in [0.5, 0.6) is 0 Å². The summed E-state index contributed by atoms with van der Waals surface area (Å²) in [6, 6.07) is -0.0586. The lowest BCUT2D eigenvalue weighted by Crippen LogP contribution is -2.49. The lowest BCUT2D eigenvalue weighted by molar-refractivity contribution is -0.121. The Bertz CT molecular complexity index is 160. The van der Waals surface area contributed by atoms with Gasteiger partial charge in [-0.3, -0.25) is 4.79 Å². The molecule has 0 saturated heterocycles. The number of amides is 1. The first-order chi connectivity index (χ1) is 5.99. The number of hydrogen-bond donors (Lipinski definition) is 2. The molecule has 2 unspecified atom stereocenters. The monoisotopic (exact) mass is 188 g/mol. The highest BCUT2D eigenvalue weighted by atomic mass is 16.5. The summed E-state index contributed by atoms with van der Waals surface area (Å²) >= 11 is 0. The minimum Gasteiger partial charge on any atom is -0.384 e. The summed E-state index contributed by atoms with van der Waals surface area (Å²) in [5.74, 6) is -0.219. The van der Waals surface area contributed by atoms with E-state index < -0.39 is 0 Å². The van der Waals surface area contributed by atoms with Crippen LogP contribution < -0.4 is 11.1 Å². The van der Waals surface area contributed by atoms with Crippen molar-refractivity contribution in [3.63, 3.8) is 0 Å². The molecule has 0 heterocycles. The molecule has 0 aliphatic heterocycles. The van der Waals surface area contributed by atoms with E-state index in [0.29, 0.717) is 6.61 Å². The zero-order valence-corrected chi connectivity index (χ0v) is 8.83. The maximum Gasteiger partial charge on any atom is 0.234 e. The van der Waals surface area contributed by atoms with Crippen molar-refractivity contribution in [3.05, 3.63) is 0 Å². The van der Waals surface area contributed by atoms with Crippen LogP contribution in [0.4, 0.5) is 0 Å².